The quantitative estimate of drug-likeness (QED) is 0.414. The third-order valence-corrected chi connectivity index (χ3v) is 1.89. The summed E-state index contributed by atoms with van der Waals surface area (Å²) in [6.45, 7) is 7.17. The minimum absolute atomic E-state index is 0.419. The van der Waals surface area contributed by atoms with Crippen molar-refractivity contribution < 1.29 is 14.0 Å². The lowest BCUT2D eigenvalue weighted by molar-refractivity contribution is 0.124. The molecule has 1 aliphatic rings. The molecule has 0 unspecified atom stereocenters. The molecular formula is C8H18BNO3. The highest BCUT2D eigenvalue weighted by molar-refractivity contribution is 6.17. The summed E-state index contributed by atoms with van der Waals surface area (Å²) >= 11 is 0. The molecule has 1 saturated heterocycles. The van der Waals surface area contributed by atoms with E-state index < -0.39 is 0 Å². The molecule has 13 heavy (non-hydrogen) atoms. The Labute approximate surface area is 80.4 Å². The lowest BCUT2D eigenvalue weighted by Crippen LogP contribution is -2.25. The summed E-state index contributed by atoms with van der Waals surface area (Å²) in [5.41, 5.74) is 0. The number of rotatable bonds is 7. The second kappa shape index (κ2) is 7.32. The van der Waals surface area contributed by atoms with Crippen molar-refractivity contribution >= 4 is 7.69 Å². The molecule has 0 spiro atoms. The van der Waals surface area contributed by atoms with Crippen LogP contribution >= 0.6 is 0 Å². The van der Waals surface area contributed by atoms with Crippen LogP contribution in [0.15, 0.2) is 0 Å². The van der Waals surface area contributed by atoms with E-state index in [2.05, 4.69) is 11.8 Å². The minimum Gasteiger partial charge on any atom is -0.414 e. The lowest BCUT2D eigenvalue weighted by Gasteiger charge is -2.12. The monoisotopic (exact) mass is 187 g/mol. The van der Waals surface area contributed by atoms with Crippen LogP contribution in [-0.4, -0.2) is 52.2 Å². The first kappa shape index (κ1) is 11.0. The summed E-state index contributed by atoms with van der Waals surface area (Å²) in [5.74, 6) is 0. The summed E-state index contributed by atoms with van der Waals surface area (Å²) in [5, 5.41) is 0. The van der Waals surface area contributed by atoms with Crippen LogP contribution in [0.4, 0.5) is 0 Å². The van der Waals surface area contributed by atoms with Crippen molar-refractivity contribution in [1.82, 2.24) is 4.90 Å². The molecule has 0 aromatic rings. The maximum atomic E-state index is 5.28. The van der Waals surface area contributed by atoms with E-state index in [1.54, 1.807) is 0 Å². The van der Waals surface area contributed by atoms with Gasteiger partial charge in [0.15, 0.2) is 0 Å². The second-order valence-electron chi connectivity index (χ2n) is 3.09. The van der Waals surface area contributed by atoms with E-state index in [9.17, 15) is 0 Å². The van der Waals surface area contributed by atoms with Crippen LogP contribution in [-0.2, 0) is 14.0 Å². The molecule has 0 atom stereocenters. The molecule has 1 heterocycles. The van der Waals surface area contributed by atoms with Crippen molar-refractivity contribution in [3.8, 4) is 0 Å². The number of nitrogens with zero attached hydrogens (tertiary/aromatic N) is 1. The van der Waals surface area contributed by atoms with Crippen molar-refractivity contribution in [3.05, 3.63) is 0 Å². The molecular weight excluding hydrogens is 169 g/mol. The summed E-state index contributed by atoms with van der Waals surface area (Å²) in [4.78, 5) is 2.22. The molecule has 0 aromatic heterocycles. The molecule has 0 radical (unpaired) electrons. The van der Waals surface area contributed by atoms with Gasteiger partial charge in [-0.2, -0.15) is 0 Å². The Morgan fingerprint density at radius 3 is 2.92 bits per heavy atom. The number of hydrogen-bond donors (Lipinski definition) is 0. The average Bonchev–Trinajstić information content (AvgIpc) is 2.63. The Balaban J connectivity index is 1.78. The maximum Gasteiger partial charge on any atom is 0.438 e. The zero-order valence-corrected chi connectivity index (χ0v) is 8.33. The molecule has 5 heteroatoms. The van der Waals surface area contributed by atoms with E-state index in [1.807, 2.05) is 0 Å². The number of hydrogen-bond acceptors (Lipinski definition) is 4. The van der Waals surface area contributed by atoms with Gasteiger partial charge in [0.25, 0.3) is 0 Å². The minimum atomic E-state index is 0.419. The van der Waals surface area contributed by atoms with Gasteiger partial charge < -0.3 is 14.0 Å². The van der Waals surface area contributed by atoms with E-state index in [0.717, 1.165) is 46.1 Å². The van der Waals surface area contributed by atoms with Crippen molar-refractivity contribution in [3.63, 3.8) is 0 Å². The van der Waals surface area contributed by atoms with E-state index in [1.165, 1.54) is 0 Å². The van der Waals surface area contributed by atoms with Crippen LogP contribution in [0.1, 0.15) is 13.3 Å². The normalized spacial score (nSPS) is 17.9. The fourth-order valence-electron chi connectivity index (χ4n) is 1.14. The molecule has 1 aliphatic heterocycles. The van der Waals surface area contributed by atoms with Gasteiger partial charge in [-0.15, -0.1) is 0 Å². The third kappa shape index (κ3) is 5.26. The molecule has 4 nitrogen and oxygen atoms in total. The largest absolute Gasteiger partial charge is 0.438 e. The molecule has 0 N–H and O–H groups in total. The van der Waals surface area contributed by atoms with E-state index >= 15 is 0 Å². The fourth-order valence-corrected chi connectivity index (χ4v) is 1.14. The van der Waals surface area contributed by atoms with Gasteiger partial charge in [-0.3, -0.25) is 4.90 Å². The maximum absolute atomic E-state index is 5.28. The van der Waals surface area contributed by atoms with Crippen LogP contribution in [0.2, 0.25) is 0 Å². The summed E-state index contributed by atoms with van der Waals surface area (Å²) in [6.07, 6.45) is 1.04. The highest BCUT2D eigenvalue weighted by Crippen LogP contribution is 1.97. The first-order chi connectivity index (χ1) is 6.43. The van der Waals surface area contributed by atoms with Crippen molar-refractivity contribution in [2.75, 3.05) is 39.6 Å². The molecule has 1 rings (SSSR count). The van der Waals surface area contributed by atoms with Gasteiger partial charge >= 0.3 is 7.69 Å². The van der Waals surface area contributed by atoms with Crippen LogP contribution in [0.3, 0.4) is 0 Å². The second-order valence-corrected chi connectivity index (χ2v) is 3.09. The van der Waals surface area contributed by atoms with Gasteiger partial charge in [-0.05, 0) is 6.42 Å². The zero-order chi connectivity index (χ0) is 9.36. The average molecular weight is 187 g/mol. The van der Waals surface area contributed by atoms with E-state index in [0.29, 0.717) is 7.69 Å². The summed E-state index contributed by atoms with van der Waals surface area (Å²) in [7, 11) is 0.419. The highest BCUT2D eigenvalue weighted by Gasteiger charge is 2.10. The van der Waals surface area contributed by atoms with Gasteiger partial charge in [0.1, 0.15) is 0 Å². The molecule has 0 aromatic carbocycles. The van der Waals surface area contributed by atoms with Gasteiger partial charge in [-0.25, -0.2) is 0 Å². The first-order valence-corrected chi connectivity index (χ1v) is 4.89. The molecule has 1 fully saturated rings. The molecule has 0 bridgehead atoms. The predicted molar refractivity (Wildman–Crippen MR) is 51.7 cm³/mol. The Morgan fingerprint density at radius 2 is 2.23 bits per heavy atom. The predicted octanol–water partition coefficient (Wildman–Crippen LogP) is -0.0142. The smallest absolute Gasteiger partial charge is 0.414 e. The Kier molecular flexibility index (Phi) is 6.19. The SMILES string of the molecule is CCCOBOCCN1CCOC1. The lowest BCUT2D eigenvalue weighted by atomic mass is 10.4. The topological polar surface area (TPSA) is 30.9 Å². The summed E-state index contributed by atoms with van der Waals surface area (Å²) < 4.78 is 15.6. The van der Waals surface area contributed by atoms with E-state index in [4.69, 9.17) is 14.0 Å². The molecule has 0 amide bonds. The Hall–Kier alpha value is -0.0951. The Morgan fingerprint density at radius 1 is 1.38 bits per heavy atom. The molecule has 76 valence electrons. The zero-order valence-electron chi connectivity index (χ0n) is 8.33. The molecule has 0 aliphatic carbocycles. The van der Waals surface area contributed by atoms with E-state index in [-0.39, 0.29) is 0 Å². The Bertz CT molecular complexity index is 120. The van der Waals surface area contributed by atoms with Gasteiger partial charge in [0.05, 0.1) is 13.3 Å². The van der Waals surface area contributed by atoms with Crippen molar-refractivity contribution in [2.24, 2.45) is 0 Å². The summed E-state index contributed by atoms with van der Waals surface area (Å²) in [6, 6.07) is 0. The van der Waals surface area contributed by atoms with Crippen LogP contribution < -0.4 is 0 Å². The van der Waals surface area contributed by atoms with Crippen LogP contribution in [0.5, 0.6) is 0 Å². The van der Waals surface area contributed by atoms with Gasteiger partial charge in [0.2, 0.25) is 0 Å². The first-order valence-electron chi connectivity index (χ1n) is 4.89. The fraction of sp³-hybridized carbons (Fsp3) is 1.00. The van der Waals surface area contributed by atoms with Crippen molar-refractivity contribution in [2.45, 2.75) is 13.3 Å². The van der Waals surface area contributed by atoms with Crippen LogP contribution in [0, 0.1) is 0 Å². The van der Waals surface area contributed by atoms with Crippen molar-refractivity contribution in [1.29, 1.82) is 0 Å². The standard InChI is InChI=1S/C8H18BNO3/c1-2-5-12-9-13-7-4-10-3-6-11-8-10/h9H,2-8H2,1H3. The highest BCUT2D eigenvalue weighted by atomic mass is 16.6. The van der Waals surface area contributed by atoms with Gasteiger partial charge in [-0.1, -0.05) is 6.92 Å². The van der Waals surface area contributed by atoms with Crippen LogP contribution in [0.25, 0.3) is 0 Å². The number of ether oxygens (including phenoxy) is 1. The molecule has 0 saturated carbocycles. The third-order valence-electron chi connectivity index (χ3n) is 1.89. The van der Waals surface area contributed by atoms with Gasteiger partial charge in [0, 0.05) is 26.3 Å².